The lowest BCUT2D eigenvalue weighted by Crippen LogP contribution is -2.49. The Morgan fingerprint density at radius 3 is 2.32 bits per heavy atom. The van der Waals surface area contributed by atoms with E-state index in [9.17, 15) is 15.0 Å². The van der Waals surface area contributed by atoms with Crippen LogP contribution in [0.25, 0.3) is 0 Å². The van der Waals surface area contributed by atoms with Crippen LogP contribution in [-0.2, 0) is 9.47 Å². The normalized spacial score (nSPS) is 21.1. The summed E-state index contributed by atoms with van der Waals surface area (Å²) in [5, 5.41) is 19.7. The Morgan fingerprint density at radius 1 is 1.37 bits per heavy atom. The summed E-state index contributed by atoms with van der Waals surface area (Å²) in [7, 11) is 1.39. The van der Waals surface area contributed by atoms with Crippen LogP contribution >= 0.6 is 0 Å². The molecule has 1 unspecified atom stereocenters. The number of likely N-dealkylation sites (tertiary alicyclic amines) is 1. The van der Waals surface area contributed by atoms with Crippen LogP contribution in [0.1, 0.15) is 40.0 Å². The second kappa shape index (κ2) is 6.07. The summed E-state index contributed by atoms with van der Waals surface area (Å²) in [4.78, 5) is 13.4. The highest BCUT2D eigenvalue weighted by Crippen LogP contribution is 2.28. The zero-order valence-electron chi connectivity index (χ0n) is 12.2. The van der Waals surface area contributed by atoms with E-state index in [0.717, 1.165) is 0 Å². The van der Waals surface area contributed by atoms with Crippen LogP contribution < -0.4 is 0 Å². The molecule has 1 amide bonds. The second-order valence-electron chi connectivity index (χ2n) is 6.09. The Kier molecular flexibility index (Phi) is 5.18. The third-order valence-electron chi connectivity index (χ3n) is 3.17. The zero-order valence-corrected chi connectivity index (χ0v) is 12.2. The Balaban J connectivity index is 2.46. The number of aliphatic hydroxyl groups is 2. The molecule has 0 bridgehead atoms. The molecule has 1 atom stereocenters. The Hall–Kier alpha value is -0.850. The van der Waals surface area contributed by atoms with Gasteiger partial charge < -0.3 is 24.6 Å². The molecule has 1 rings (SSSR count). The fraction of sp³-hybridized carbons (Fsp3) is 0.923. The van der Waals surface area contributed by atoms with E-state index in [1.807, 2.05) is 20.8 Å². The van der Waals surface area contributed by atoms with Gasteiger partial charge in [0, 0.05) is 26.6 Å². The molecular weight excluding hydrogens is 250 g/mol. The number of hydrogen-bond donors (Lipinski definition) is 2. The maximum Gasteiger partial charge on any atom is 0.410 e. The van der Waals surface area contributed by atoms with Crippen molar-refractivity contribution in [2.45, 2.75) is 57.5 Å². The van der Waals surface area contributed by atoms with Gasteiger partial charge in [0.2, 0.25) is 0 Å². The van der Waals surface area contributed by atoms with Crippen LogP contribution in [0.2, 0.25) is 0 Å². The van der Waals surface area contributed by atoms with Gasteiger partial charge in [0.05, 0.1) is 5.60 Å². The maximum absolute atomic E-state index is 11.9. The number of hydrogen-bond acceptors (Lipinski definition) is 5. The van der Waals surface area contributed by atoms with E-state index in [-0.39, 0.29) is 12.5 Å². The maximum atomic E-state index is 11.9. The van der Waals surface area contributed by atoms with Crippen molar-refractivity contribution in [3.8, 4) is 0 Å². The van der Waals surface area contributed by atoms with Gasteiger partial charge in [-0.05, 0) is 33.6 Å². The smallest absolute Gasteiger partial charge is 0.410 e. The van der Waals surface area contributed by atoms with E-state index in [0.29, 0.717) is 25.9 Å². The summed E-state index contributed by atoms with van der Waals surface area (Å²) in [6, 6.07) is 0. The zero-order chi connectivity index (χ0) is 14.7. The van der Waals surface area contributed by atoms with E-state index >= 15 is 0 Å². The van der Waals surface area contributed by atoms with Gasteiger partial charge in [-0.15, -0.1) is 0 Å². The molecule has 0 radical (unpaired) electrons. The summed E-state index contributed by atoms with van der Waals surface area (Å²) in [6.07, 6.45) is -0.356. The van der Waals surface area contributed by atoms with Crippen molar-refractivity contribution in [2.75, 3.05) is 20.2 Å². The van der Waals surface area contributed by atoms with Gasteiger partial charge in [-0.3, -0.25) is 0 Å². The summed E-state index contributed by atoms with van der Waals surface area (Å²) in [5.41, 5.74) is -1.50. The first kappa shape index (κ1) is 16.2. The molecule has 0 aromatic rings. The molecule has 1 saturated heterocycles. The number of carbonyl (C=O) groups is 1. The van der Waals surface area contributed by atoms with Crippen molar-refractivity contribution in [3.05, 3.63) is 0 Å². The first-order valence-electron chi connectivity index (χ1n) is 6.56. The third kappa shape index (κ3) is 5.34. The van der Waals surface area contributed by atoms with E-state index in [1.54, 1.807) is 4.90 Å². The molecule has 2 N–H and O–H groups in total. The molecule has 0 spiro atoms. The van der Waals surface area contributed by atoms with Crippen LogP contribution in [0.15, 0.2) is 0 Å². The number of nitrogens with zero attached hydrogens (tertiary/aromatic N) is 1. The average molecular weight is 275 g/mol. The lowest BCUT2D eigenvalue weighted by atomic mass is 9.88. The van der Waals surface area contributed by atoms with Gasteiger partial charge >= 0.3 is 6.09 Å². The van der Waals surface area contributed by atoms with Crippen LogP contribution in [0, 0.1) is 0 Å². The average Bonchev–Trinajstić information content (AvgIpc) is 2.26. The van der Waals surface area contributed by atoms with Crippen LogP contribution in [0.4, 0.5) is 4.79 Å². The van der Waals surface area contributed by atoms with E-state index in [1.165, 1.54) is 7.11 Å². The van der Waals surface area contributed by atoms with E-state index in [4.69, 9.17) is 9.47 Å². The number of piperidine rings is 1. The second-order valence-corrected chi connectivity index (χ2v) is 6.09. The van der Waals surface area contributed by atoms with Crippen molar-refractivity contribution in [3.63, 3.8) is 0 Å². The first-order valence-corrected chi connectivity index (χ1v) is 6.56. The highest BCUT2D eigenvalue weighted by atomic mass is 16.6. The molecule has 1 aliphatic rings. The fourth-order valence-electron chi connectivity index (χ4n) is 2.04. The molecule has 6 nitrogen and oxygen atoms in total. The monoisotopic (exact) mass is 275 g/mol. The minimum atomic E-state index is -0.978. The number of carbonyl (C=O) groups excluding carboxylic acids is 1. The van der Waals surface area contributed by atoms with Crippen molar-refractivity contribution in [2.24, 2.45) is 0 Å². The van der Waals surface area contributed by atoms with Crippen LogP contribution in [-0.4, -0.2) is 58.9 Å². The minimum absolute atomic E-state index is 0.158. The Labute approximate surface area is 114 Å². The van der Waals surface area contributed by atoms with Crippen molar-refractivity contribution >= 4 is 6.09 Å². The molecule has 0 aliphatic carbocycles. The number of amides is 1. The largest absolute Gasteiger partial charge is 0.444 e. The molecule has 0 saturated carbocycles. The quantitative estimate of drug-likeness (QED) is 0.754. The molecule has 1 fully saturated rings. The predicted molar refractivity (Wildman–Crippen MR) is 69.6 cm³/mol. The Bertz CT molecular complexity index is 305. The number of ether oxygens (including phenoxy) is 2. The number of rotatable bonds is 3. The van der Waals surface area contributed by atoms with Gasteiger partial charge in [-0.1, -0.05) is 0 Å². The molecule has 1 heterocycles. The summed E-state index contributed by atoms with van der Waals surface area (Å²) >= 11 is 0. The molecule has 112 valence electrons. The molecule has 0 aromatic heterocycles. The highest BCUT2D eigenvalue weighted by Gasteiger charge is 2.36. The van der Waals surface area contributed by atoms with Crippen molar-refractivity contribution < 1.29 is 24.5 Å². The SMILES string of the molecule is COC(O)CC1(O)CCN(C(=O)OC(C)(C)C)CC1. The Morgan fingerprint density at radius 2 is 1.89 bits per heavy atom. The number of methoxy groups -OCH3 is 1. The fourth-order valence-corrected chi connectivity index (χ4v) is 2.04. The molecule has 19 heavy (non-hydrogen) atoms. The molecular formula is C13H25NO5. The molecule has 0 aromatic carbocycles. The van der Waals surface area contributed by atoms with Gasteiger partial charge in [-0.2, -0.15) is 0 Å². The standard InChI is InChI=1S/C13H25NO5/c1-12(2,3)19-11(16)14-7-5-13(17,6-8-14)9-10(15)18-4/h10,15,17H,5-9H2,1-4H3. The topological polar surface area (TPSA) is 79.2 Å². The summed E-state index contributed by atoms with van der Waals surface area (Å²) in [6.45, 7) is 6.30. The summed E-state index contributed by atoms with van der Waals surface area (Å²) in [5.74, 6) is 0. The third-order valence-corrected chi connectivity index (χ3v) is 3.17. The summed E-state index contributed by atoms with van der Waals surface area (Å²) < 4.78 is 10.0. The van der Waals surface area contributed by atoms with E-state index < -0.39 is 17.5 Å². The lowest BCUT2D eigenvalue weighted by Gasteiger charge is -2.39. The van der Waals surface area contributed by atoms with E-state index in [2.05, 4.69) is 0 Å². The molecule has 6 heteroatoms. The van der Waals surface area contributed by atoms with Gasteiger partial charge in [0.1, 0.15) is 5.60 Å². The van der Waals surface area contributed by atoms with Crippen LogP contribution in [0.3, 0.4) is 0 Å². The highest BCUT2D eigenvalue weighted by molar-refractivity contribution is 5.68. The predicted octanol–water partition coefficient (Wildman–Crippen LogP) is 1.10. The van der Waals surface area contributed by atoms with Crippen molar-refractivity contribution in [1.29, 1.82) is 0 Å². The minimum Gasteiger partial charge on any atom is -0.444 e. The van der Waals surface area contributed by atoms with Crippen LogP contribution in [0.5, 0.6) is 0 Å². The first-order chi connectivity index (χ1) is 8.65. The van der Waals surface area contributed by atoms with Gasteiger partial charge in [0.15, 0.2) is 6.29 Å². The lowest BCUT2D eigenvalue weighted by molar-refractivity contribution is -0.136. The number of aliphatic hydroxyl groups excluding tert-OH is 1. The molecule has 1 aliphatic heterocycles. The van der Waals surface area contributed by atoms with Gasteiger partial charge in [0.25, 0.3) is 0 Å². The van der Waals surface area contributed by atoms with Gasteiger partial charge in [-0.25, -0.2) is 4.79 Å². The van der Waals surface area contributed by atoms with Crippen molar-refractivity contribution in [1.82, 2.24) is 4.90 Å².